The average molecular weight is 636 g/mol. The molecule has 8 heteroatoms. The Hall–Kier alpha value is -2.13. The Labute approximate surface area is 268 Å². The molecular weight excluding hydrogens is 591 g/mol. The molecule has 0 spiro atoms. The fourth-order valence-corrected chi connectivity index (χ4v) is 11.3. The number of aliphatic hydroxyl groups is 2. The smallest absolute Gasteiger partial charge is 0.178 e. The third kappa shape index (κ3) is 5.48. The third-order valence-electron chi connectivity index (χ3n) is 11.6. The number of carbonyl (C=O) groups is 3. The minimum absolute atomic E-state index is 0.0150. The normalized spacial score (nSPS) is 34.4. The maximum absolute atomic E-state index is 13.8. The van der Waals surface area contributed by atoms with Gasteiger partial charge in [-0.1, -0.05) is 69.5 Å². The van der Waals surface area contributed by atoms with Gasteiger partial charge in [-0.15, -0.1) is 11.3 Å². The number of hydrogen-bond donors (Lipinski definition) is 2. The van der Waals surface area contributed by atoms with Crippen LogP contribution < -0.4 is 0 Å². The second kappa shape index (κ2) is 12.2. The van der Waals surface area contributed by atoms with Gasteiger partial charge in [-0.2, -0.15) is 0 Å². The molecule has 6 nitrogen and oxygen atoms in total. The van der Waals surface area contributed by atoms with Gasteiger partial charge >= 0.3 is 0 Å². The van der Waals surface area contributed by atoms with Gasteiger partial charge in [0, 0.05) is 29.6 Å². The standard InChI is InChI=1S/C36H45NO5S2/c1-4-5-6-7-8-24(38)17-22-9-12-28-30(18-22)44-33(37-28)43-21-31(41)36(42)16-14-27-26-11-10-23-19-25(39)13-15-34(23,2)32(26)29(40)20-35(27,36)3/h9,12-13,15,18-19,26-27,29,32,40,42H,4-8,10-11,14,16-17,20-21H2,1-3H3/t26?,27?,29-,32?,34?,35?,36-/m0/s1. The molecule has 0 saturated heterocycles. The highest BCUT2D eigenvalue weighted by Crippen LogP contribution is 2.67. The number of hydrogen-bond acceptors (Lipinski definition) is 8. The Balaban J connectivity index is 1.12. The third-order valence-corrected chi connectivity index (χ3v) is 13.7. The highest BCUT2D eigenvalue weighted by Gasteiger charge is 2.68. The molecular formula is C36H45NO5S2. The quantitative estimate of drug-likeness (QED) is 0.201. The second-order valence-electron chi connectivity index (χ2n) is 14.1. The van der Waals surface area contributed by atoms with Gasteiger partial charge in [0.05, 0.1) is 22.1 Å². The topological polar surface area (TPSA) is 105 Å². The average Bonchev–Trinajstić information content (AvgIpc) is 3.51. The van der Waals surface area contributed by atoms with Gasteiger partial charge < -0.3 is 10.2 Å². The molecule has 0 amide bonds. The molecule has 7 atom stereocenters. The van der Waals surface area contributed by atoms with Crippen LogP contribution in [0.5, 0.6) is 0 Å². The van der Waals surface area contributed by atoms with Gasteiger partial charge in [0.25, 0.3) is 0 Å². The van der Waals surface area contributed by atoms with Crippen LogP contribution in [0.15, 0.2) is 46.3 Å². The molecule has 2 aromatic rings. The summed E-state index contributed by atoms with van der Waals surface area (Å²) in [6, 6.07) is 5.97. The van der Waals surface area contributed by atoms with Crippen molar-refractivity contribution in [2.45, 2.75) is 107 Å². The Kier molecular flexibility index (Phi) is 8.85. The Morgan fingerprint density at radius 1 is 1.16 bits per heavy atom. The molecule has 0 aliphatic heterocycles. The predicted octanol–water partition coefficient (Wildman–Crippen LogP) is 7.05. The number of aliphatic hydroxyl groups excluding tert-OH is 1. The summed E-state index contributed by atoms with van der Waals surface area (Å²) in [4.78, 5) is 43.1. The molecule has 1 aromatic carbocycles. The van der Waals surface area contributed by atoms with E-state index >= 15 is 0 Å². The molecule has 3 fully saturated rings. The Morgan fingerprint density at radius 3 is 2.77 bits per heavy atom. The van der Waals surface area contributed by atoms with Crippen LogP contribution in [0.4, 0.5) is 0 Å². The van der Waals surface area contributed by atoms with Crippen molar-refractivity contribution in [3.05, 3.63) is 47.6 Å². The highest BCUT2D eigenvalue weighted by atomic mass is 32.2. The van der Waals surface area contributed by atoms with Crippen molar-refractivity contribution < 1.29 is 24.6 Å². The van der Waals surface area contributed by atoms with E-state index < -0.39 is 17.1 Å². The number of aromatic nitrogens is 1. The summed E-state index contributed by atoms with van der Waals surface area (Å²) in [6.07, 6.45) is 13.4. The van der Waals surface area contributed by atoms with Gasteiger partial charge in [0.15, 0.2) is 15.9 Å². The lowest BCUT2D eigenvalue weighted by Crippen LogP contribution is -2.61. The molecule has 0 bridgehead atoms. The summed E-state index contributed by atoms with van der Waals surface area (Å²) in [5, 5.41) is 23.7. The SMILES string of the molecule is CCCCCCC(=O)Cc1ccc2nc(SCC(=O)[C@@]3(O)CCC4C5CCC6=CC(=O)C=CC6(C)C5[C@@H](O)CC43C)sc2c1. The number of Topliss-reactive ketones (excluding diaryl/α,β-unsaturated/α-hetero) is 2. The van der Waals surface area contributed by atoms with Crippen molar-refractivity contribution in [1.82, 2.24) is 4.98 Å². The van der Waals surface area contributed by atoms with Crippen LogP contribution in [0.2, 0.25) is 0 Å². The lowest BCUT2D eigenvalue weighted by atomic mass is 9.46. The molecule has 44 heavy (non-hydrogen) atoms. The zero-order chi connectivity index (χ0) is 31.3. The highest BCUT2D eigenvalue weighted by molar-refractivity contribution is 8.01. The summed E-state index contributed by atoms with van der Waals surface area (Å²) in [5.74, 6) is 0.515. The fraction of sp³-hybridized carbons (Fsp3) is 0.611. The van der Waals surface area contributed by atoms with Gasteiger partial charge in [-0.3, -0.25) is 14.4 Å². The van der Waals surface area contributed by atoms with Crippen LogP contribution in [0.3, 0.4) is 0 Å². The summed E-state index contributed by atoms with van der Waals surface area (Å²) in [7, 11) is 0. The molecule has 2 N–H and O–H groups in total. The summed E-state index contributed by atoms with van der Waals surface area (Å²) in [5.41, 5.74) is 0.390. The van der Waals surface area contributed by atoms with E-state index in [2.05, 4.69) is 13.8 Å². The lowest BCUT2D eigenvalue weighted by Gasteiger charge is -2.59. The summed E-state index contributed by atoms with van der Waals surface area (Å²) >= 11 is 2.90. The summed E-state index contributed by atoms with van der Waals surface area (Å²) in [6.45, 7) is 6.33. The number of carbonyl (C=O) groups excluding carboxylic acids is 3. The fourth-order valence-electron chi connectivity index (χ4n) is 9.22. The first-order valence-electron chi connectivity index (χ1n) is 16.4. The minimum atomic E-state index is -1.49. The van der Waals surface area contributed by atoms with Gasteiger partial charge in [-0.05, 0) is 80.2 Å². The maximum atomic E-state index is 13.8. The first-order valence-corrected chi connectivity index (χ1v) is 18.2. The van der Waals surface area contributed by atoms with E-state index in [1.54, 1.807) is 12.2 Å². The van der Waals surface area contributed by atoms with E-state index in [0.717, 1.165) is 64.2 Å². The number of thiazole rings is 1. The molecule has 0 radical (unpaired) electrons. The maximum Gasteiger partial charge on any atom is 0.178 e. The largest absolute Gasteiger partial charge is 0.393 e. The number of ketones is 3. The van der Waals surface area contributed by atoms with E-state index in [9.17, 15) is 24.6 Å². The number of unbranched alkanes of at least 4 members (excludes halogenated alkanes) is 3. The molecule has 1 heterocycles. The number of allylic oxidation sites excluding steroid dienone is 4. The Bertz CT molecular complexity index is 1530. The zero-order valence-corrected chi connectivity index (χ0v) is 27.8. The van der Waals surface area contributed by atoms with E-state index in [1.165, 1.54) is 29.5 Å². The van der Waals surface area contributed by atoms with Crippen LogP contribution in [0.1, 0.15) is 90.5 Å². The molecule has 1 aromatic heterocycles. The summed E-state index contributed by atoms with van der Waals surface area (Å²) < 4.78 is 1.78. The van der Waals surface area contributed by atoms with Gasteiger partial charge in [0.2, 0.25) is 0 Å². The van der Waals surface area contributed by atoms with Crippen molar-refractivity contribution in [2.75, 3.05) is 5.75 Å². The van der Waals surface area contributed by atoms with Crippen LogP contribution in [-0.2, 0) is 20.8 Å². The van der Waals surface area contributed by atoms with Gasteiger partial charge in [0.1, 0.15) is 11.4 Å². The molecule has 236 valence electrons. The van der Waals surface area contributed by atoms with E-state index in [0.29, 0.717) is 25.7 Å². The number of rotatable bonds is 11. The Morgan fingerprint density at radius 2 is 1.98 bits per heavy atom. The van der Waals surface area contributed by atoms with Crippen LogP contribution in [0, 0.1) is 28.6 Å². The lowest BCUT2D eigenvalue weighted by molar-refractivity contribution is -0.174. The molecule has 5 unspecified atom stereocenters. The monoisotopic (exact) mass is 635 g/mol. The molecule has 4 aliphatic rings. The number of thioether (sulfide) groups is 1. The second-order valence-corrected chi connectivity index (χ2v) is 16.4. The molecule has 6 rings (SSSR count). The molecule has 3 saturated carbocycles. The molecule has 4 aliphatic carbocycles. The van der Waals surface area contributed by atoms with Crippen molar-refractivity contribution in [1.29, 1.82) is 0 Å². The first-order chi connectivity index (χ1) is 21.0. The van der Waals surface area contributed by atoms with Gasteiger partial charge in [-0.25, -0.2) is 4.98 Å². The number of fused-ring (bicyclic) bond motifs is 6. The van der Waals surface area contributed by atoms with Crippen molar-refractivity contribution >= 4 is 50.7 Å². The van der Waals surface area contributed by atoms with Crippen LogP contribution in [0.25, 0.3) is 10.2 Å². The first kappa shape index (κ1) is 31.8. The van der Waals surface area contributed by atoms with Crippen molar-refractivity contribution in [2.24, 2.45) is 28.6 Å². The minimum Gasteiger partial charge on any atom is -0.393 e. The number of nitrogens with zero attached hydrogens (tertiary/aromatic N) is 1. The number of benzene rings is 1. The van der Waals surface area contributed by atoms with Crippen LogP contribution in [-0.4, -0.2) is 50.0 Å². The van der Waals surface area contributed by atoms with Crippen molar-refractivity contribution in [3.8, 4) is 0 Å². The van der Waals surface area contributed by atoms with E-state index in [1.807, 2.05) is 31.2 Å². The predicted molar refractivity (Wildman–Crippen MR) is 176 cm³/mol. The van der Waals surface area contributed by atoms with Crippen LogP contribution >= 0.6 is 23.1 Å². The van der Waals surface area contributed by atoms with E-state index in [-0.39, 0.29) is 46.3 Å². The van der Waals surface area contributed by atoms with Crippen molar-refractivity contribution in [3.63, 3.8) is 0 Å². The van der Waals surface area contributed by atoms with E-state index in [4.69, 9.17) is 4.98 Å². The zero-order valence-electron chi connectivity index (χ0n) is 26.1.